The predicted octanol–water partition coefficient (Wildman–Crippen LogP) is 4.76. The van der Waals surface area contributed by atoms with E-state index in [0.717, 1.165) is 0 Å². The summed E-state index contributed by atoms with van der Waals surface area (Å²) in [6.45, 7) is 7.01. The number of hydrogen-bond acceptors (Lipinski definition) is 4. The summed E-state index contributed by atoms with van der Waals surface area (Å²) in [5, 5.41) is 11.0. The van der Waals surface area contributed by atoms with Gasteiger partial charge in [0.15, 0.2) is 11.5 Å². The molecule has 1 unspecified atom stereocenters. The van der Waals surface area contributed by atoms with E-state index in [1.54, 1.807) is 58.0 Å². The van der Waals surface area contributed by atoms with Crippen molar-refractivity contribution >= 4 is 29.0 Å². The molecule has 0 bridgehead atoms. The van der Waals surface area contributed by atoms with Crippen molar-refractivity contribution in [2.75, 3.05) is 4.90 Å². The molecule has 0 saturated heterocycles. The van der Waals surface area contributed by atoms with Gasteiger partial charge in [0, 0.05) is 16.1 Å². The first-order valence-corrected chi connectivity index (χ1v) is 8.62. The molecule has 1 N–H and O–H groups in total. The van der Waals surface area contributed by atoms with E-state index in [1.807, 2.05) is 0 Å². The zero-order valence-electron chi connectivity index (χ0n) is 15.0. The Bertz CT molecular complexity index is 906. The summed E-state index contributed by atoms with van der Waals surface area (Å²) in [5.74, 6) is -1.11. The summed E-state index contributed by atoms with van der Waals surface area (Å²) in [7, 11) is 0. The Hall–Kier alpha value is -2.53. The Labute approximate surface area is 156 Å². The van der Waals surface area contributed by atoms with Crippen LogP contribution in [0.3, 0.4) is 0 Å². The number of halogens is 1. The zero-order valence-corrected chi connectivity index (χ0v) is 15.8. The van der Waals surface area contributed by atoms with E-state index >= 15 is 0 Å². The number of carbonyl (C=O) groups is 2. The number of rotatable bonds is 3. The molecular weight excluding hydrogens is 354 g/mol. The van der Waals surface area contributed by atoms with E-state index in [9.17, 15) is 14.7 Å². The lowest BCUT2D eigenvalue weighted by atomic mass is 9.83. The Morgan fingerprint density at radius 2 is 1.92 bits per heavy atom. The number of anilines is 1. The third-order valence-corrected chi connectivity index (χ3v) is 4.85. The van der Waals surface area contributed by atoms with Crippen LogP contribution in [0.5, 0.6) is 0 Å². The van der Waals surface area contributed by atoms with Crippen molar-refractivity contribution in [1.82, 2.24) is 0 Å². The molecule has 2 aromatic rings. The minimum Gasteiger partial charge on any atom is -0.503 e. The third kappa shape index (κ3) is 2.82. The fourth-order valence-corrected chi connectivity index (χ4v) is 3.23. The first kappa shape index (κ1) is 18.3. The maximum atomic E-state index is 13.0. The van der Waals surface area contributed by atoms with E-state index in [4.69, 9.17) is 16.0 Å². The van der Waals surface area contributed by atoms with Crippen LogP contribution >= 0.6 is 11.6 Å². The molecule has 136 valence electrons. The van der Waals surface area contributed by atoms with Crippen LogP contribution in [-0.2, 0) is 9.59 Å². The number of benzene rings is 1. The fourth-order valence-electron chi connectivity index (χ4n) is 3.06. The van der Waals surface area contributed by atoms with Gasteiger partial charge in [-0.15, -0.1) is 0 Å². The number of furan rings is 1. The number of aliphatic hydroxyl groups excluding tert-OH is 1. The molecule has 1 aliphatic heterocycles. The highest BCUT2D eigenvalue weighted by Crippen LogP contribution is 2.44. The van der Waals surface area contributed by atoms with Crippen molar-refractivity contribution in [1.29, 1.82) is 0 Å². The van der Waals surface area contributed by atoms with Gasteiger partial charge in [0.2, 0.25) is 0 Å². The second-order valence-electron chi connectivity index (χ2n) is 7.32. The molecule has 26 heavy (non-hydrogen) atoms. The van der Waals surface area contributed by atoms with Crippen molar-refractivity contribution in [3.05, 3.63) is 64.3 Å². The number of hydrogen-bond donors (Lipinski definition) is 1. The molecule has 5 nitrogen and oxygen atoms in total. The molecule has 0 radical (unpaired) electrons. The van der Waals surface area contributed by atoms with Crippen molar-refractivity contribution in [2.45, 2.75) is 33.7 Å². The Morgan fingerprint density at radius 1 is 1.23 bits per heavy atom. The van der Waals surface area contributed by atoms with Crippen molar-refractivity contribution in [3.8, 4) is 0 Å². The highest BCUT2D eigenvalue weighted by atomic mass is 35.5. The van der Waals surface area contributed by atoms with Gasteiger partial charge in [-0.05, 0) is 36.8 Å². The van der Waals surface area contributed by atoms with Crippen LogP contribution in [0.15, 0.2) is 52.3 Å². The molecule has 0 aliphatic carbocycles. The van der Waals surface area contributed by atoms with Crippen LogP contribution in [0, 0.1) is 12.3 Å². The zero-order chi connectivity index (χ0) is 19.2. The van der Waals surface area contributed by atoms with Crippen LogP contribution in [0.25, 0.3) is 0 Å². The van der Waals surface area contributed by atoms with Crippen LogP contribution in [0.4, 0.5) is 5.69 Å². The van der Waals surface area contributed by atoms with Crippen molar-refractivity contribution in [3.63, 3.8) is 0 Å². The highest BCUT2D eigenvalue weighted by molar-refractivity contribution is 6.32. The lowest BCUT2D eigenvalue weighted by molar-refractivity contribution is -0.123. The summed E-state index contributed by atoms with van der Waals surface area (Å²) in [4.78, 5) is 27.3. The molecule has 1 atom stereocenters. The topological polar surface area (TPSA) is 70.8 Å². The number of ketones is 1. The first-order valence-electron chi connectivity index (χ1n) is 8.24. The summed E-state index contributed by atoms with van der Waals surface area (Å²) >= 11 is 6.22. The minimum atomic E-state index is -0.846. The molecule has 0 fully saturated rings. The lowest BCUT2D eigenvalue weighted by Crippen LogP contribution is -2.33. The van der Waals surface area contributed by atoms with Crippen LogP contribution in [0.1, 0.15) is 38.1 Å². The maximum Gasteiger partial charge on any atom is 0.294 e. The van der Waals surface area contributed by atoms with Crippen LogP contribution in [0.2, 0.25) is 5.02 Å². The van der Waals surface area contributed by atoms with Gasteiger partial charge in [0.25, 0.3) is 5.91 Å². The first-order chi connectivity index (χ1) is 12.1. The highest BCUT2D eigenvalue weighted by Gasteiger charge is 2.48. The van der Waals surface area contributed by atoms with Gasteiger partial charge >= 0.3 is 0 Å². The third-order valence-electron chi connectivity index (χ3n) is 4.45. The average Bonchev–Trinajstić information content (AvgIpc) is 3.17. The SMILES string of the molecule is Cc1c(Cl)cccc1N1C(=O)C(O)=C(C(=O)C(C)(C)C)C1c1ccco1. The Balaban J connectivity index is 2.22. The lowest BCUT2D eigenvalue weighted by Gasteiger charge is -2.28. The van der Waals surface area contributed by atoms with E-state index in [2.05, 4.69) is 0 Å². The number of aliphatic hydroxyl groups is 1. The number of nitrogens with zero attached hydrogens (tertiary/aromatic N) is 1. The quantitative estimate of drug-likeness (QED) is 0.842. The molecule has 1 aromatic carbocycles. The van der Waals surface area contributed by atoms with Crippen molar-refractivity contribution < 1.29 is 19.1 Å². The summed E-state index contributed by atoms with van der Waals surface area (Å²) in [5.41, 5.74) is 0.466. The van der Waals surface area contributed by atoms with Crippen molar-refractivity contribution in [2.24, 2.45) is 5.41 Å². The molecule has 0 saturated carbocycles. The molecule has 1 aromatic heterocycles. The molecule has 1 amide bonds. The number of Topliss-reactive ketones (excluding diaryl/α,β-unsaturated/α-hetero) is 1. The largest absolute Gasteiger partial charge is 0.503 e. The standard InChI is InChI=1S/C20H20ClNO4/c1-11-12(21)7-5-8-13(11)22-16(14-9-6-10-26-14)15(17(23)19(22)25)18(24)20(2,3)4/h5-10,16,23H,1-4H3. The van der Waals surface area contributed by atoms with Gasteiger partial charge in [-0.25, -0.2) is 0 Å². The number of carbonyl (C=O) groups excluding carboxylic acids is 2. The normalized spacial score (nSPS) is 18.0. The second-order valence-corrected chi connectivity index (χ2v) is 7.73. The number of amides is 1. The average molecular weight is 374 g/mol. The monoisotopic (exact) mass is 373 g/mol. The summed E-state index contributed by atoms with van der Waals surface area (Å²) in [6, 6.07) is 7.68. The molecule has 3 rings (SSSR count). The Kier molecular flexibility index (Phi) is 4.44. The Morgan fingerprint density at radius 3 is 2.50 bits per heavy atom. The van der Waals surface area contributed by atoms with Gasteiger partial charge in [0.05, 0.1) is 11.8 Å². The van der Waals surface area contributed by atoms with E-state index in [-0.39, 0.29) is 11.4 Å². The maximum absolute atomic E-state index is 13.0. The minimum absolute atomic E-state index is 0.0387. The van der Waals surface area contributed by atoms with Crippen LogP contribution < -0.4 is 4.90 Å². The van der Waals surface area contributed by atoms with Gasteiger partial charge < -0.3 is 9.52 Å². The molecule has 0 spiro atoms. The van der Waals surface area contributed by atoms with Gasteiger partial charge in [-0.1, -0.05) is 38.4 Å². The molecule has 6 heteroatoms. The molecule has 2 heterocycles. The van der Waals surface area contributed by atoms with Gasteiger partial charge in [-0.3, -0.25) is 14.5 Å². The summed E-state index contributed by atoms with van der Waals surface area (Å²) in [6.07, 6.45) is 1.47. The molecule has 1 aliphatic rings. The summed E-state index contributed by atoms with van der Waals surface area (Å²) < 4.78 is 5.50. The predicted molar refractivity (Wildman–Crippen MR) is 99.2 cm³/mol. The van der Waals surface area contributed by atoms with Gasteiger partial charge in [0.1, 0.15) is 11.8 Å². The van der Waals surface area contributed by atoms with E-state index in [1.165, 1.54) is 11.2 Å². The fraction of sp³-hybridized carbons (Fsp3) is 0.300. The molecular formula is C20H20ClNO4. The van der Waals surface area contributed by atoms with E-state index in [0.29, 0.717) is 22.0 Å². The van der Waals surface area contributed by atoms with Crippen LogP contribution in [-0.4, -0.2) is 16.8 Å². The second kappa shape index (κ2) is 6.32. The van der Waals surface area contributed by atoms with Gasteiger partial charge in [-0.2, -0.15) is 0 Å². The van der Waals surface area contributed by atoms with E-state index < -0.39 is 23.1 Å². The smallest absolute Gasteiger partial charge is 0.294 e.